The number of esters is 1. The highest BCUT2D eigenvalue weighted by molar-refractivity contribution is 5.69. The zero-order valence-corrected chi connectivity index (χ0v) is 16.0. The average molecular weight is 364 g/mol. The van der Waals surface area contributed by atoms with Gasteiger partial charge in [0.2, 0.25) is 0 Å². The molecule has 7 heteroatoms. The van der Waals surface area contributed by atoms with E-state index in [9.17, 15) is 4.79 Å². The summed E-state index contributed by atoms with van der Waals surface area (Å²) in [6, 6.07) is 0. The van der Waals surface area contributed by atoms with Crippen LogP contribution in [0.3, 0.4) is 0 Å². The van der Waals surface area contributed by atoms with Gasteiger partial charge in [-0.3, -0.25) is 4.79 Å². The lowest BCUT2D eigenvalue weighted by atomic mass is 10.3. The molecule has 0 fully saturated rings. The van der Waals surface area contributed by atoms with Crippen LogP contribution in [0.4, 0.5) is 0 Å². The summed E-state index contributed by atoms with van der Waals surface area (Å²) < 4.78 is 31.6. The van der Waals surface area contributed by atoms with E-state index in [0.717, 1.165) is 13.0 Å². The Labute approximate surface area is 152 Å². The molecule has 0 bridgehead atoms. The molecular weight excluding hydrogens is 328 g/mol. The van der Waals surface area contributed by atoms with Crippen molar-refractivity contribution in [3.8, 4) is 0 Å². The molecule has 0 spiro atoms. The maximum Gasteiger partial charge on any atom is 0.308 e. The van der Waals surface area contributed by atoms with E-state index in [2.05, 4.69) is 6.92 Å². The molecule has 0 saturated carbocycles. The van der Waals surface area contributed by atoms with Crippen molar-refractivity contribution in [3.05, 3.63) is 0 Å². The van der Waals surface area contributed by atoms with Crippen molar-refractivity contribution >= 4 is 5.97 Å². The molecule has 0 aliphatic rings. The van der Waals surface area contributed by atoms with Crippen LogP contribution < -0.4 is 0 Å². The fourth-order valence-electron chi connectivity index (χ4n) is 1.82. The molecule has 0 radical (unpaired) electrons. The van der Waals surface area contributed by atoms with Crippen molar-refractivity contribution in [1.29, 1.82) is 0 Å². The van der Waals surface area contributed by atoms with Gasteiger partial charge in [0.25, 0.3) is 0 Å². The summed E-state index contributed by atoms with van der Waals surface area (Å²) in [6.07, 6.45) is 3.83. The second kappa shape index (κ2) is 21.3. The largest absolute Gasteiger partial charge is 0.466 e. The Kier molecular flexibility index (Phi) is 20.7. The minimum atomic E-state index is -0.234. The molecule has 25 heavy (non-hydrogen) atoms. The second-order valence-electron chi connectivity index (χ2n) is 5.32. The number of rotatable bonds is 20. The summed E-state index contributed by atoms with van der Waals surface area (Å²) >= 11 is 0. The molecule has 0 aromatic heterocycles. The van der Waals surface area contributed by atoms with Crippen molar-refractivity contribution in [2.24, 2.45) is 0 Å². The molecule has 0 saturated heterocycles. The molecule has 150 valence electrons. The van der Waals surface area contributed by atoms with Gasteiger partial charge in [-0.2, -0.15) is 0 Å². The Morgan fingerprint density at radius 1 is 0.600 bits per heavy atom. The molecule has 0 aromatic rings. The molecular formula is C18H36O7. The normalized spacial score (nSPS) is 11.0. The second-order valence-corrected chi connectivity index (χ2v) is 5.32. The number of hydrogen-bond donors (Lipinski definition) is 0. The van der Waals surface area contributed by atoms with E-state index in [-0.39, 0.29) is 12.4 Å². The van der Waals surface area contributed by atoms with E-state index >= 15 is 0 Å². The first-order valence-electron chi connectivity index (χ1n) is 9.35. The van der Waals surface area contributed by atoms with Crippen molar-refractivity contribution in [2.45, 2.75) is 39.5 Å². The standard InChI is InChI=1S/C18H36O7/c1-3-5-6-8-20-10-12-22-14-16-24-17-15-23-13-11-21-9-7-18(19)25-4-2/h3-17H2,1-2H3. The lowest BCUT2D eigenvalue weighted by molar-refractivity contribution is -0.144. The van der Waals surface area contributed by atoms with Gasteiger partial charge in [0, 0.05) is 6.61 Å². The minimum Gasteiger partial charge on any atom is -0.466 e. The summed E-state index contributed by atoms with van der Waals surface area (Å²) in [5, 5.41) is 0. The summed E-state index contributed by atoms with van der Waals surface area (Å²) in [5.74, 6) is -0.234. The first kappa shape index (κ1) is 24.3. The fourth-order valence-corrected chi connectivity index (χ4v) is 1.82. The molecule has 0 heterocycles. The van der Waals surface area contributed by atoms with Gasteiger partial charge >= 0.3 is 5.97 Å². The van der Waals surface area contributed by atoms with Crippen LogP contribution in [0.25, 0.3) is 0 Å². The van der Waals surface area contributed by atoms with Gasteiger partial charge in [-0.25, -0.2) is 0 Å². The number of carbonyl (C=O) groups is 1. The molecule has 0 amide bonds. The lowest BCUT2D eigenvalue weighted by Crippen LogP contribution is -2.14. The Balaban J connectivity index is 3.02. The van der Waals surface area contributed by atoms with E-state index in [0.29, 0.717) is 66.1 Å². The van der Waals surface area contributed by atoms with Crippen LogP contribution >= 0.6 is 0 Å². The third kappa shape index (κ3) is 21.2. The topological polar surface area (TPSA) is 72.5 Å². The number of ether oxygens (including phenoxy) is 6. The van der Waals surface area contributed by atoms with Gasteiger partial charge in [-0.15, -0.1) is 0 Å². The van der Waals surface area contributed by atoms with Gasteiger partial charge in [-0.1, -0.05) is 19.8 Å². The van der Waals surface area contributed by atoms with Crippen LogP contribution in [0.1, 0.15) is 39.5 Å². The summed E-state index contributed by atoms with van der Waals surface area (Å²) in [5.41, 5.74) is 0. The fraction of sp³-hybridized carbons (Fsp3) is 0.944. The van der Waals surface area contributed by atoms with Crippen LogP contribution in [-0.2, 0) is 33.2 Å². The van der Waals surface area contributed by atoms with E-state index in [4.69, 9.17) is 28.4 Å². The molecule has 0 unspecified atom stereocenters. The van der Waals surface area contributed by atoms with Crippen molar-refractivity contribution in [2.75, 3.05) is 72.7 Å². The first-order chi connectivity index (χ1) is 12.3. The highest BCUT2D eigenvalue weighted by Gasteiger charge is 2.00. The summed E-state index contributed by atoms with van der Waals surface area (Å²) in [4.78, 5) is 11.0. The van der Waals surface area contributed by atoms with Crippen LogP contribution in [0, 0.1) is 0 Å². The predicted octanol–water partition coefficient (Wildman–Crippen LogP) is 2.21. The zero-order chi connectivity index (χ0) is 18.4. The molecule has 0 aliphatic heterocycles. The monoisotopic (exact) mass is 364 g/mol. The summed E-state index contributed by atoms with van der Waals surface area (Å²) in [6.45, 7) is 9.89. The van der Waals surface area contributed by atoms with E-state index in [1.807, 2.05) is 0 Å². The predicted molar refractivity (Wildman–Crippen MR) is 94.9 cm³/mol. The summed E-state index contributed by atoms with van der Waals surface area (Å²) in [7, 11) is 0. The number of carbonyl (C=O) groups excluding carboxylic acids is 1. The van der Waals surface area contributed by atoms with Crippen molar-refractivity contribution in [3.63, 3.8) is 0 Å². The molecule has 0 aromatic carbocycles. The molecule has 0 N–H and O–H groups in total. The Bertz CT molecular complexity index is 274. The zero-order valence-electron chi connectivity index (χ0n) is 16.0. The van der Waals surface area contributed by atoms with Gasteiger partial charge < -0.3 is 28.4 Å². The maximum atomic E-state index is 11.0. The van der Waals surface area contributed by atoms with Crippen LogP contribution in [-0.4, -0.2) is 78.6 Å². The van der Waals surface area contributed by atoms with E-state index in [1.165, 1.54) is 12.8 Å². The van der Waals surface area contributed by atoms with Gasteiger partial charge in [0.15, 0.2) is 0 Å². The Morgan fingerprint density at radius 3 is 1.48 bits per heavy atom. The maximum absolute atomic E-state index is 11.0. The quantitative estimate of drug-likeness (QED) is 0.242. The van der Waals surface area contributed by atoms with Crippen LogP contribution in [0.15, 0.2) is 0 Å². The average Bonchev–Trinajstić information content (AvgIpc) is 2.61. The van der Waals surface area contributed by atoms with Crippen molar-refractivity contribution < 1.29 is 33.2 Å². The van der Waals surface area contributed by atoms with Crippen LogP contribution in [0.5, 0.6) is 0 Å². The van der Waals surface area contributed by atoms with E-state index < -0.39 is 0 Å². The van der Waals surface area contributed by atoms with Crippen LogP contribution in [0.2, 0.25) is 0 Å². The first-order valence-corrected chi connectivity index (χ1v) is 9.35. The third-order valence-electron chi connectivity index (χ3n) is 3.14. The van der Waals surface area contributed by atoms with Crippen molar-refractivity contribution in [1.82, 2.24) is 0 Å². The Morgan fingerprint density at radius 2 is 1.04 bits per heavy atom. The van der Waals surface area contributed by atoms with Gasteiger partial charge in [0.1, 0.15) is 0 Å². The van der Waals surface area contributed by atoms with Gasteiger partial charge in [0.05, 0.1) is 72.5 Å². The SMILES string of the molecule is CCCCCOCCOCCOCCOCCOCCC(=O)OCC. The molecule has 7 nitrogen and oxygen atoms in total. The Hall–Kier alpha value is -0.730. The molecule has 0 atom stereocenters. The highest BCUT2D eigenvalue weighted by atomic mass is 16.6. The number of hydrogen-bond acceptors (Lipinski definition) is 7. The lowest BCUT2D eigenvalue weighted by Gasteiger charge is -2.08. The molecule has 0 aliphatic carbocycles. The minimum absolute atomic E-state index is 0.234. The van der Waals surface area contributed by atoms with Gasteiger partial charge in [-0.05, 0) is 13.3 Å². The smallest absolute Gasteiger partial charge is 0.308 e. The third-order valence-corrected chi connectivity index (χ3v) is 3.14. The highest BCUT2D eigenvalue weighted by Crippen LogP contribution is 1.94. The number of unbranched alkanes of at least 4 members (excludes halogenated alkanes) is 2. The molecule has 0 rings (SSSR count). The van der Waals surface area contributed by atoms with E-state index in [1.54, 1.807) is 6.92 Å².